The van der Waals surface area contributed by atoms with Gasteiger partial charge in [-0.1, -0.05) is 30.9 Å². The molecule has 1 fully saturated rings. The Bertz CT molecular complexity index is 569. The number of hydrogen-bond acceptors (Lipinski definition) is 3. The van der Waals surface area contributed by atoms with Crippen molar-refractivity contribution in [3.05, 3.63) is 28.3 Å². The molecule has 22 heavy (non-hydrogen) atoms. The molecule has 1 aromatic rings. The first-order valence-electron chi connectivity index (χ1n) is 7.90. The van der Waals surface area contributed by atoms with Gasteiger partial charge in [0.2, 0.25) is 0 Å². The first kappa shape index (κ1) is 15.5. The van der Waals surface area contributed by atoms with E-state index in [4.69, 9.17) is 21.1 Å². The maximum atomic E-state index is 11.7. The van der Waals surface area contributed by atoms with Crippen LogP contribution in [0.1, 0.15) is 49.1 Å². The molecule has 4 nitrogen and oxygen atoms in total. The lowest BCUT2D eigenvalue weighted by Gasteiger charge is -2.25. The van der Waals surface area contributed by atoms with Crippen LogP contribution in [0, 0.1) is 0 Å². The molecule has 1 aliphatic heterocycles. The third-order valence-electron chi connectivity index (χ3n) is 4.75. The van der Waals surface area contributed by atoms with Gasteiger partial charge in [-0.05, 0) is 36.5 Å². The minimum atomic E-state index is -0.386. The van der Waals surface area contributed by atoms with Gasteiger partial charge in [0.25, 0.3) is 0 Å². The fourth-order valence-electron chi connectivity index (χ4n) is 3.53. The van der Waals surface area contributed by atoms with Crippen LogP contribution < -0.4 is 4.74 Å². The Balaban J connectivity index is 1.86. The number of nitrogens with zero attached hydrogens (tertiary/aromatic N) is 1. The highest BCUT2D eigenvalue weighted by Gasteiger charge is 2.33. The normalized spacial score (nSPS) is 21.1. The van der Waals surface area contributed by atoms with Crippen molar-refractivity contribution in [2.45, 2.75) is 50.7 Å². The van der Waals surface area contributed by atoms with Gasteiger partial charge in [0.1, 0.15) is 5.75 Å². The Hall–Kier alpha value is -1.42. The zero-order chi connectivity index (χ0) is 15.7. The van der Waals surface area contributed by atoms with Crippen molar-refractivity contribution in [1.29, 1.82) is 0 Å². The Morgan fingerprint density at radius 3 is 2.73 bits per heavy atom. The highest BCUT2D eigenvalue weighted by atomic mass is 35.5. The van der Waals surface area contributed by atoms with Crippen LogP contribution in [0.15, 0.2) is 12.1 Å². The first-order valence-corrected chi connectivity index (χ1v) is 8.27. The van der Waals surface area contributed by atoms with Crippen molar-refractivity contribution in [2.24, 2.45) is 0 Å². The summed E-state index contributed by atoms with van der Waals surface area (Å²) < 4.78 is 10.9. The lowest BCUT2D eigenvalue weighted by Crippen LogP contribution is -2.39. The van der Waals surface area contributed by atoms with E-state index in [0.717, 1.165) is 16.3 Å². The number of benzene rings is 1. The van der Waals surface area contributed by atoms with Crippen LogP contribution in [-0.2, 0) is 11.2 Å². The van der Waals surface area contributed by atoms with E-state index in [2.05, 4.69) is 0 Å². The van der Waals surface area contributed by atoms with Crippen LogP contribution in [-0.4, -0.2) is 31.4 Å². The molecular weight excluding hydrogens is 302 g/mol. The Morgan fingerprint density at radius 1 is 1.32 bits per heavy atom. The number of carbonyl (C=O) groups is 1. The summed E-state index contributed by atoms with van der Waals surface area (Å²) in [5.41, 5.74) is 2.30. The summed E-state index contributed by atoms with van der Waals surface area (Å²) in [4.78, 5) is 13.2. The van der Waals surface area contributed by atoms with Gasteiger partial charge in [0.05, 0.1) is 7.11 Å². The summed E-state index contributed by atoms with van der Waals surface area (Å²) in [5, 5.41) is 0.754. The third kappa shape index (κ3) is 2.89. The number of carbonyl (C=O) groups excluding carboxylic acids is 1. The molecule has 1 atom stereocenters. The largest absolute Gasteiger partial charge is 0.469 e. The molecule has 0 radical (unpaired) electrons. The topological polar surface area (TPSA) is 38.8 Å². The van der Waals surface area contributed by atoms with Gasteiger partial charge in [-0.15, -0.1) is 0 Å². The molecule has 1 saturated carbocycles. The maximum absolute atomic E-state index is 11.7. The highest BCUT2D eigenvalue weighted by molar-refractivity contribution is 6.30. The molecule has 1 aromatic carbocycles. The molecule has 1 amide bonds. The number of likely N-dealkylation sites (N-methyl/N-ethyl adjacent to an activating group) is 1. The lowest BCUT2D eigenvalue weighted by atomic mass is 9.83. The molecule has 1 heterocycles. The number of fused-ring (bicyclic) bond motifs is 1. The van der Waals surface area contributed by atoms with Gasteiger partial charge in [-0.2, -0.15) is 0 Å². The number of halogens is 1. The number of amides is 1. The number of hydrogen-bond donors (Lipinski definition) is 0. The minimum absolute atomic E-state index is 0.316. The quantitative estimate of drug-likeness (QED) is 0.812. The minimum Gasteiger partial charge on any atom is -0.469 e. The second kappa shape index (κ2) is 6.37. The van der Waals surface area contributed by atoms with Crippen LogP contribution in [0.25, 0.3) is 0 Å². The third-order valence-corrected chi connectivity index (χ3v) is 4.97. The monoisotopic (exact) mass is 323 g/mol. The average molecular weight is 324 g/mol. The molecule has 1 unspecified atom stereocenters. The zero-order valence-electron chi connectivity index (χ0n) is 13.1. The van der Waals surface area contributed by atoms with Gasteiger partial charge in [0, 0.05) is 24.1 Å². The molecule has 5 heteroatoms. The summed E-state index contributed by atoms with van der Waals surface area (Å²) in [6.45, 7) is 0. The number of methoxy groups -OCH3 is 1. The Morgan fingerprint density at radius 2 is 2.05 bits per heavy atom. The van der Waals surface area contributed by atoms with Crippen molar-refractivity contribution in [3.63, 3.8) is 0 Å². The molecule has 0 N–H and O–H groups in total. The predicted molar refractivity (Wildman–Crippen MR) is 85.6 cm³/mol. The van der Waals surface area contributed by atoms with Crippen molar-refractivity contribution in [1.82, 2.24) is 4.90 Å². The van der Waals surface area contributed by atoms with Crippen LogP contribution in [0.5, 0.6) is 5.75 Å². The molecule has 0 bridgehead atoms. The van der Waals surface area contributed by atoms with Crippen molar-refractivity contribution >= 4 is 17.7 Å². The van der Waals surface area contributed by atoms with Crippen molar-refractivity contribution < 1.29 is 14.3 Å². The maximum Gasteiger partial charge on any atom is 0.412 e. The van der Waals surface area contributed by atoms with Gasteiger partial charge in [-0.25, -0.2) is 4.79 Å². The SMILES string of the molecule is COC(=O)N(C)C1Cc2cc(Cl)cc(C3CCCCC3)c2O1. The van der Waals surface area contributed by atoms with E-state index in [9.17, 15) is 4.79 Å². The summed E-state index contributed by atoms with van der Waals surface area (Å²) in [6.07, 6.45) is 6.16. The van der Waals surface area contributed by atoms with Crippen molar-refractivity contribution in [2.75, 3.05) is 14.2 Å². The first-order chi connectivity index (χ1) is 10.6. The van der Waals surface area contributed by atoms with E-state index in [-0.39, 0.29) is 12.3 Å². The molecule has 1 aliphatic carbocycles. The summed E-state index contributed by atoms with van der Waals surface area (Å²) in [6, 6.07) is 3.99. The molecule has 0 saturated heterocycles. The van der Waals surface area contributed by atoms with Gasteiger partial charge < -0.3 is 9.47 Å². The zero-order valence-corrected chi connectivity index (χ0v) is 13.9. The fourth-order valence-corrected chi connectivity index (χ4v) is 3.78. The molecular formula is C17H22ClNO3. The van der Waals surface area contributed by atoms with E-state index < -0.39 is 0 Å². The van der Waals surface area contributed by atoms with Crippen LogP contribution in [0.4, 0.5) is 4.79 Å². The Labute approximate surface area is 136 Å². The standard InChI is InChI=1S/C17H22ClNO3/c1-19(17(20)21-2)15-9-12-8-13(18)10-14(16(12)22-15)11-6-4-3-5-7-11/h8,10-11,15H,3-7,9H2,1-2H3. The van der Waals surface area contributed by atoms with Gasteiger partial charge in [0.15, 0.2) is 6.23 Å². The molecule has 0 aromatic heterocycles. The van der Waals surface area contributed by atoms with E-state index in [0.29, 0.717) is 12.3 Å². The van der Waals surface area contributed by atoms with Gasteiger partial charge >= 0.3 is 6.09 Å². The van der Waals surface area contributed by atoms with Crippen LogP contribution >= 0.6 is 11.6 Å². The summed E-state index contributed by atoms with van der Waals surface area (Å²) in [5.74, 6) is 1.44. The van der Waals surface area contributed by atoms with Crippen molar-refractivity contribution in [3.8, 4) is 5.75 Å². The van der Waals surface area contributed by atoms with Crippen LogP contribution in [0.2, 0.25) is 5.02 Å². The summed E-state index contributed by atoms with van der Waals surface area (Å²) in [7, 11) is 3.08. The van der Waals surface area contributed by atoms with Crippen LogP contribution in [0.3, 0.4) is 0 Å². The summed E-state index contributed by atoms with van der Waals surface area (Å²) >= 11 is 6.30. The van der Waals surface area contributed by atoms with E-state index >= 15 is 0 Å². The molecule has 120 valence electrons. The number of rotatable bonds is 2. The molecule has 3 rings (SSSR count). The van der Waals surface area contributed by atoms with Gasteiger partial charge in [-0.3, -0.25) is 4.90 Å². The number of ether oxygens (including phenoxy) is 2. The molecule has 0 spiro atoms. The lowest BCUT2D eigenvalue weighted by molar-refractivity contribution is 0.0501. The van der Waals surface area contributed by atoms with E-state index in [1.54, 1.807) is 7.05 Å². The fraction of sp³-hybridized carbons (Fsp3) is 0.588. The van der Waals surface area contributed by atoms with E-state index in [1.165, 1.54) is 49.7 Å². The predicted octanol–water partition coefficient (Wildman–Crippen LogP) is 4.35. The molecule has 2 aliphatic rings. The Kier molecular flexibility index (Phi) is 4.48. The van der Waals surface area contributed by atoms with E-state index in [1.807, 2.05) is 12.1 Å². The highest BCUT2D eigenvalue weighted by Crippen LogP contribution is 2.44. The second-order valence-corrected chi connectivity index (χ2v) is 6.61. The smallest absolute Gasteiger partial charge is 0.412 e. The average Bonchev–Trinajstić information content (AvgIpc) is 2.97. The second-order valence-electron chi connectivity index (χ2n) is 6.18.